The van der Waals surface area contributed by atoms with Crippen LogP contribution >= 0.6 is 11.8 Å². The van der Waals surface area contributed by atoms with E-state index in [9.17, 15) is 4.79 Å². The van der Waals surface area contributed by atoms with Crippen molar-refractivity contribution in [2.45, 2.75) is 38.3 Å². The van der Waals surface area contributed by atoms with Crippen molar-refractivity contribution in [3.8, 4) is 17.1 Å². The average molecular weight is 472 g/mol. The molecule has 0 unspecified atom stereocenters. The molecule has 0 radical (unpaired) electrons. The molecule has 0 aliphatic rings. The van der Waals surface area contributed by atoms with Gasteiger partial charge in [-0.25, -0.2) is 0 Å². The van der Waals surface area contributed by atoms with Crippen molar-refractivity contribution in [1.82, 2.24) is 25.1 Å². The maximum Gasteiger partial charge on any atom is 0.230 e. The summed E-state index contributed by atoms with van der Waals surface area (Å²) in [6.07, 6.45) is 6.13. The van der Waals surface area contributed by atoms with E-state index in [2.05, 4.69) is 69.2 Å². The zero-order valence-corrected chi connectivity index (χ0v) is 20.4. The van der Waals surface area contributed by atoms with Crippen LogP contribution in [0.2, 0.25) is 0 Å². The van der Waals surface area contributed by atoms with Gasteiger partial charge in [-0.05, 0) is 48.1 Å². The second kappa shape index (κ2) is 11.6. The Bertz CT molecular complexity index is 1200. The predicted octanol–water partition coefficient (Wildman–Crippen LogP) is 4.91. The lowest BCUT2D eigenvalue weighted by Gasteiger charge is -2.18. The average Bonchev–Trinajstić information content (AvgIpc) is 3.31. The Balaban J connectivity index is 1.58. The van der Waals surface area contributed by atoms with Gasteiger partial charge in [0.2, 0.25) is 5.91 Å². The molecule has 7 heteroatoms. The smallest absolute Gasteiger partial charge is 0.230 e. The van der Waals surface area contributed by atoms with Crippen LogP contribution in [-0.2, 0) is 24.1 Å². The Hall–Kier alpha value is -3.45. The summed E-state index contributed by atoms with van der Waals surface area (Å²) < 4.78 is 2.09. The first-order valence-corrected chi connectivity index (χ1v) is 12.6. The molecule has 2 aromatic carbocycles. The molecule has 0 saturated heterocycles. The molecule has 4 rings (SSSR count). The minimum Gasteiger partial charge on any atom is -0.355 e. The summed E-state index contributed by atoms with van der Waals surface area (Å²) in [4.78, 5) is 16.8. The van der Waals surface area contributed by atoms with E-state index in [1.54, 1.807) is 12.4 Å². The van der Waals surface area contributed by atoms with E-state index in [1.807, 2.05) is 30.3 Å². The molecule has 1 amide bonds. The first kappa shape index (κ1) is 23.7. The fraction of sp³-hybridized carbons (Fsp3) is 0.259. The van der Waals surface area contributed by atoms with Gasteiger partial charge >= 0.3 is 0 Å². The van der Waals surface area contributed by atoms with Crippen molar-refractivity contribution in [1.29, 1.82) is 0 Å². The molecule has 0 spiro atoms. The second-order valence-corrected chi connectivity index (χ2v) is 8.83. The SMILES string of the molecule is CCc1cccc(CC)c1-n1c(SCC(=O)NCCc2ccccc2)nnc1-c1cccnc1. The van der Waals surface area contributed by atoms with Gasteiger partial charge in [0.25, 0.3) is 0 Å². The van der Waals surface area contributed by atoms with Crippen molar-refractivity contribution >= 4 is 17.7 Å². The molecule has 0 saturated carbocycles. The Kier molecular flexibility index (Phi) is 8.09. The van der Waals surface area contributed by atoms with Gasteiger partial charge in [-0.2, -0.15) is 0 Å². The number of nitrogens with zero attached hydrogens (tertiary/aromatic N) is 4. The Morgan fingerprint density at radius 3 is 2.38 bits per heavy atom. The van der Waals surface area contributed by atoms with E-state index in [0.29, 0.717) is 11.7 Å². The minimum absolute atomic E-state index is 0.0158. The van der Waals surface area contributed by atoms with Crippen molar-refractivity contribution in [2.75, 3.05) is 12.3 Å². The molecule has 1 N–H and O–H groups in total. The first-order chi connectivity index (χ1) is 16.7. The Morgan fingerprint density at radius 2 is 1.71 bits per heavy atom. The van der Waals surface area contributed by atoms with E-state index in [-0.39, 0.29) is 11.7 Å². The fourth-order valence-electron chi connectivity index (χ4n) is 3.92. The van der Waals surface area contributed by atoms with Crippen LogP contribution in [0, 0.1) is 0 Å². The molecule has 174 valence electrons. The van der Waals surface area contributed by atoms with Crippen LogP contribution in [0.4, 0.5) is 0 Å². The van der Waals surface area contributed by atoms with Crippen molar-refractivity contribution in [3.63, 3.8) is 0 Å². The normalized spacial score (nSPS) is 10.9. The zero-order chi connectivity index (χ0) is 23.8. The number of amides is 1. The Morgan fingerprint density at radius 1 is 0.941 bits per heavy atom. The molecule has 0 fully saturated rings. The fourth-order valence-corrected chi connectivity index (χ4v) is 4.69. The summed E-state index contributed by atoms with van der Waals surface area (Å²) in [5.74, 6) is 0.990. The molecule has 0 atom stereocenters. The van der Waals surface area contributed by atoms with E-state index in [1.165, 1.54) is 28.5 Å². The third-order valence-corrected chi connectivity index (χ3v) is 6.58. The summed E-state index contributed by atoms with van der Waals surface area (Å²) in [6.45, 7) is 4.91. The third-order valence-electron chi connectivity index (χ3n) is 5.65. The van der Waals surface area contributed by atoms with Crippen LogP contribution < -0.4 is 5.32 Å². The molecule has 4 aromatic rings. The van der Waals surface area contributed by atoms with Crippen molar-refractivity contribution in [3.05, 3.63) is 89.7 Å². The van der Waals surface area contributed by atoms with Gasteiger partial charge in [0.05, 0.1) is 11.4 Å². The van der Waals surface area contributed by atoms with Crippen LogP contribution in [0.15, 0.2) is 78.2 Å². The summed E-state index contributed by atoms with van der Waals surface area (Å²) in [5.41, 5.74) is 5.64. The number of aromatic nitrogens is 4. The molecule has 0 aliphatic heterocycles. The first-order valence-electron chi connectivity index (χ1n) is 11.6. The number of aryl methyl sites for hydroxylation is 2. The number of carbonyl (C=O) groups is 1. The summed E-state index contributed by atoms with van der Waals surface area (Å²) in [6, 6.07) is 20.4. The molecule has 2 aromatic heterocycles. The monoisotopic (exact) mass is 471 g/mol. The van der Waals surface area contributed by atoms with Gasteiger partial charge in [0.15, 0.2) is 11.0 Å². The maximum absolute atomic E-state index is 12.6. The quantitative estimate of drug-likeness (QED) is 0.333. The van der Waals surface area contributed by atoms with Crippen LogP contribution in [-0.4, -0.2) is 38.0 Å². The number of hydrogen-bond acceptors (Lipinski definition) is 5. The van der Waals surface area contributed by atoms with Gasteiger partial charge in [-0.1, -0.05) is 74.1 Å². The standard InChI is InChI=1S/C27H29N5OS/c1-3-21-12-8-13-22(4-2)25(21)32-26(23-14-9-16-28-18-23)30-31-27(32)34-19-24(33)29-17-15-20-10-6-5-7-11-20/h5-14,16,18H,3-4,15,17,19H2,1-2H3,(H,29,33). The zero-order valence-electron chi connectivity index (χ0n) is 19.6. The Labute approximate surface area is 204 Å². The van der Waals surface area contributed by atoms with E-state index in [4.69, 9.17) is 0 Å². The molecule has 0 aliphatic carbocycles. The molecule has 34 heavy (non-hydrogen) atoms. The molecular formula is C27H29N5OS. The topological polar surface area (TPSA) is 72.7 Å². The summed E-state index contributed by atoms with van der Waals surface area (Å²) in [5, 5.41) is 12.7. The number of rotatable bonds is 10. The highest BCUT2D eigenvalue weighted by molar-refractivity contribution is 7.99. The minimum atomic E-state index is -0.0158. The molecule has 2 heterocycles. The third kappa shape index (κ3) is 5.54. The number of hydrogen-bond donors (Lipinski definition) is 1. The number of pyridine rings is 1. The molecule has 6 nitrogen and oxygen atoms in total. The van der Waals surface area contributed by atoms with Crippen molar-refractivity contribution in [2.24, 2.45) is 0 Å². The number of benzene rings is 2. The lowest BCUT2D eigenvalue weighted by molar-refractivity contribution is -0.118. The largest absolute Gasteiger partial charge is 0.355 e. The van der Waals surface area contributed by atoms with Crippen LogP contribution in [0.3, 0.4) is 0 Å². The van der Waals surface area contributed by atoms with Crippen LogP contribution in [0.5, 0.6) is 0 Å². The van der Waals surface area contributed by atoms with Gasteiger partial charge in [-0.15, -0.1) is 10.2 Å². The van der Waals surface area contributed by atoms with E-state index >= 15 is 0 Å². The van der Waals surface area contributed by atoms with Gasteiger partial charge in [-0.3, -0.25) is 14.3 Å². The number of para-hydroxylation sites is 1. The van der Waals surface area contributed by atoms with Crippen LogP contribution in [0.1, 0.15) is 30.5 Å². The highest BCUT2D eigenvalue weighted by Crippen LogP contribution is 2.32. The second-order valence-electron chi connectivity index (χ2n) is 7.89. The lowest BCUT2D eigenvalue weighted by Crippen LogP contribution is -2.27. The van der Waals surface area contributed by atoms with E-state index in [0.717, 1.165) is 36.3 Å². The number of thioether (sulfide) groups is 1. The van der Waals surface area contributed by atoms with Gasteiger partial charge in [0, 0.05) is 24.5 Å². The number of carbonyl (C=O) groups excluding carboxylic acids is 1. The van der Waals surface area contributed by atoms with Crippen molar-refractivity contribution < 1.29 is 4.79 Å². The highest BCUT2D eigenvalue weighted by atomic mass is 32.2. The van der Waals surface area contributed by atoms with Crippen LogP contribution in [0.25, 0.3) is 17.1 Å². The maximum atomic E-state index is 12.6. The van der Waals surface area contributed by atoms with E-state index < -0.39 is 0 Å². The number of nitrogens with one attached hydrogen (secondary N) is 1. The highest BCUT2D eigenvalue weighted by Gasteiger charge is 2.21. The summed E-state index contributed by atoms with van der Waals surface area (Å²) in [7, 11) is 0. The van der Waals surface area contributed by atoms with Gasteiger partial charge in [0.1, 0.15) is 0 Å². The molecular weight excluding hydrogens is 442 g/mol. The molecule has 0 bridgehead atoms. The predicted molar refractivity (Wildman–Crippen MR) is 137 cm³/mol. The lowest BCUT2D eigenvalue weighted by atomic mass is 10.0. The van der Waals surface area contributed by atoms with Gasteiger partial charge < -0.3 is 5.32 Å². The summed E-state index contributed by atoms with van der Waals surface area (Å²) >= 11 is 1.41.